The minimum atomic E-state index is -0.219. The van der Waals surface area contributed by atoms with Gasteiger partial charge in [-0.2, -0.15) is 5.10 Å². The lowest BCUT2D eigenvalue weighted by atomic mass is 10.0. The van der Waals surface area contributed by atoms with Crippen LogP contribution in [-0.2, 0) is 6.54 Å². The number of hydrogen-bond donors (Lipinski definition) is 1. The Kier molecular flexibility index (Phi) is 5.31. The van der Waals surface area contributed by atoms with Crippen molar-refractivity contribution in [2.45, 2.75) is 32.9 Å². The molecule has 5 heteroatoms. The second-order valence-electron chi connectivity index (χ2n) is 4.65. The van der Waals surface area contributed by atoms with Gasteiger partial charge in [0.1, 0.15) is 5.82 Å². The molecule has 3 nitrogen and oxygen atoms in total. The lowest BCUT2D eigenvalue weighted by molar-refractivity contribution is 0.516. The van der Waals surface area contributed by atoms with E-state index in [0.29, 0.717) is 0 Å². The molecule has 1 N–H and O–H groups in total. The van der Waals surface area contributed by atoms with Crippen LogP contribution >= 0.6 is 15.9 Å². The highest BCUT2D eigenvalue weighted by Gasteiger charge is 2.21. The first-order valence-electron chi connectivity index (χ1n) is 6.87. The van der Waals surface area contributed by atoms with Crippen LogP contribution in [0.4, 0.5) is 4.39 Å². The van der Waals surface area contributed by atoms with Gasteiger partial charge in [-0.3, -0.25) is 4.68 Å². The fourth-order valence-electron chi connectivity index (χ4n) is 2.31. The summed E-state index contributed by atoms with van der Waals surface area (Å²) in [6.07, 6.45) is 2.80. The topological polar surface area (TPSA) is 29.9 Å². The molecule has 0 amide bonds. The van der Waals surface area contributed by atoms with Gasteiger partial charge in [-0.25, -0.2) is 4.39 Å². The van der Waals surface area contributed by atoms with Crippen LogP contribution in [0.1, 0.15) is 37.6 Å². The molecule has 20 heavy (non-hydrogen) atoms. The van der Waals surface area contributed by atoms with Crippen LogP contribution in [0.5, 0.6) is 0 Å². The zero-order valence-electron chi connectivity index (χ0n) is 11.7. The van der Waals surface area contributed by atoms with Crippen molar-refractivity contribution in [1.82, 2.24) is 15.1 Å². The van der Waals surface area contributed by atoms with Crippen molar-refractivity contribution >= 4 is 15.9 Å². The third-order valence-electron chi connectivity index (χ3n) is 3.13. The van der Waals surface area contributed by atoms with Gasteiger partial charge in [0.05, 0.1) is 22.4 Å². The van der Waals surface area contributed by atoms with E-state index in [1.807, 2.05) is 17.7 Å². The van der Waals surface area contributed by atoms with E-state index in [-0.39, 0.29) is 11.9 Å². The zero-order chi connectivity index (χ0) is 14.5. The highest BCUT2D eigenvalue weighted by atomic mass is 79.9. The summed E-state index contributed by atoms with van der Waals surface area (Å²) < 4.78 is 16.4. The summed E-state index contributed by atoms with van der Waals surface area (Å²) in [5.74, 6) is -0.219. The average Bonchev–Trinajstić information content (AvgIpc) is 2.78. The Morgan fingerprint density at radius 3 is 2.85 bits per heavy atom. The van der Waals surface area contributed by atoms with Crippen LogP contribution in [0.2, 0.25) is 0 Å². The molecule has 0 saturated heterocycles. The summed E-state index contributed by atoms with van der Waals surface area (Å²) in [4.78, 5) is 0. The van der Waals surface area contributed by atoms with E-state index < -0.39 is 0 Å². The second-order valence-corrected chi connectivity index (χ2v) is 5.50. The molecule has 0 saturated carbocycles. The van der Waals surface area contributed by atoms with Crippen molar-refractivity contribution in [3.63, 3.8) is 0 Å². The molecule has 0 radical (unpaired) electrons. The molecular formula is C15H19BrFN3. The molecule has 0 spiro atoms. The molecule has 0 fully saturated rings. The smallest absolute Gasteiger partial charge is 0.123 e. The van der Waals surface area contributed by atoms with Crippen molar-refractivity contribution in [3.05, 3.63) is 52.0 Å². The Labute approximate surface area is 127 Å². The molecule has 1 aromatic heterocycles. The largest absolute Gasteiger partial charge is 0.305 e. The van der Waals surface area contributed by atoms with Crippen LogP contribution in [0.15, 0.2) is 34.9 Å². The molecule has 108 valence electrons. The maximum atomic E-state index is 13.5. The normalized spacial score (nSPS) is 12.6. The predicted molar refractivity (Wildman–Crippen MR) is 82.1 cm³/mol. The maximum absolute atomic E-state index is 13.5. The SMILES string of the molecule is CCCn1ncc(Br)c1C(NCC)c1cccc(F)c1. The summed E-state index contributed by atoms with van der Waals surface area (Å²) >= 11 is 3.56. The fraction of sp³-hybridized carbons (Fsp3) is 0.400. The molecule has 1 unspecified atom stereocenters. The molecule has 0 aliphatic heterocycles. The minimum Gasteiger partial charge on any atom is -0.305 e. The van der Waals surface area contributed by atoms with Crippen LogP contribution < -0.4 is 5.32 Å². The Hall–Kier alpha value is -1.20. The van der Waals surface area contributed by atoms with Crippen molar-refractivity contribution in [2.75, 3.05) is 6.54 Å². The maximum Gasteiger partial charge on any atom is 0.123 e. The molecule has 0 bridgehead atoms. The van der Waals surface area contributed by atoms with Gasteiger partial charge in [-0.05, 0) is 46.6 Å². The van der Waals surface area contributed by atoms with E-state index in [2.05, 4.69) is 33.3 Å². The summed E-state index contributed by atoms with van der Waals surface area (Å²) in [7, 11) is 0. The zero-order valence-corrected chi connectivity index (χ0v) is 13.3. The van der Waals surface area contributed by atoms with E-state index in [1.54, 1.807) is 18.3 Å². The Morgan fingerprint density at radius 2 is 2.20 bits per heavy atom. The number of hydrogen-bond acceptors (Lipinski definition) is 2. The Balaban J connectivity index is 2.45. The molecule has 1 aromatic carbocycles. The molecule has 2 rings (SSSR count). The number of benzene rings is 1. The van der Waals surface area contributed by atoms with Gasteiger partial charge in [-0.1, -0.05) is 26.0 Å². The van der Waals surface area contributed by atoms with Crippen molar-refractivity contribution in [1.29, 1.82) is 0 Å². The summed E-state index contributed by atoms with van der Waals surface area (Å²) in [5.41, 5.74) is 1.95. The monoisotopic (exact) mass is 339 g/mol. The lowest BCUT2D eigenvalue weighted by Gasteiger charge is -2.20. The predicted octanol–water partition coefficient (Wildman–Crippen LogP) is 3.89. The Bertz CT molecular complexity index is 568. The lowest BCUT2D eigenvalue weighted by Crippen LogP contribution is -2.25. The minimum absolute atomic E-state index is 0.0703. The van der Waals surface area contributed by atoms with Gasteiger partial charge in [0, 0.05) is 6.54 Å². The van der Waals surface area contributed by atoms with Gasteiger partial charge in [0.15, 0.2) is 0 Å². The Morgan fingerprint density at radius 1 is 1.40 bits per heavy atom. The number of nitrogens with one attached hydrogen (secondary N) is 1. The van der Waals surface area contributed by atoms with E-state index in [9.17, 15) is 4.39 Å². The van der Waals surface area contributed by atoms with Gasteiger partial charge >= 0.3 is 0 Å². The summed E-state index contributed by atoms with van der Waals surface area (Å²) in [5, 5.41) is 7.80. The summed E-state index contributed by atoms with van der Waals surface area (Å²) in [6, 6.07) is 6.64. The van der Waals surface area contributed by atoms with Crippen LogP contribution in [0.25, 0.3) is 0 Å². The average molecular weight is 340 g/mol. The van der Waals surface area contributed by atoms with Crippen molar-refractivity contribution in [2.24, 2.45) is 0 Å². The first-order chi connectivity index (χ1) is 9.67. The molecule has 0 aliphatic rings. The number of rotatable bonds is 6. The first kappa shape index (κ1) is 15.2. The van der Waals surface area contributed by atoms with Gasteiger partial charge < -0.3 is 5.32 Å². The van der Waals surface area contributed by atoms with E-state index in [1.165, 1.54) is 6.07 Å². The number of nitrogens with zero attached hydrogens (tertiary/aromatic N) is 2. The summed E-state index contributed by atoms with van der Waals surface area (Å²) in [6.45, 7) is 5.80. The standard InChI is InChI=1S/C15H19BrFN3/c1-3-8-20-15(13(16)10-19-20)14(18-4-2)11-6-5-7-12(17)9-11/h5-7,9-10,14,18H,3-4,8H2,1-2H3. The first-order valence-corrected chi connectivity index (χ1v) is 7.66. The third-order valence-corrected chi connectivity index (χ3v) is 3.74. The van der Waals surface area contributed by atoms with E-state index >= 15 is 0 Å². The van der Waals surface area contributed by atoms with Gasteiger partial charge in [0.2, 0.25) is 0 Å². The quantitative estimate of drug-likeness (QED) is 0.865. The highest BCUT2D eigenvalue weighted by molar-refractivity contribution is 9.10. The molecule has 0 aliphatic carbocycles. The van der Waals surface area contributed by atoms with Gasteiger partial charge in [0.25, 0.3) is 0 Å². The molecule has 2 aromatic rings. The van der Waals surface area contributed by atoms with Crippen molar-refractivity contribution < 1.29 is 4.39 Å². The van der Waals surface area contributed by atoms with Crippen LogP contribution in [-0.4, -0.2) is 16.3 Å². The van der Waals surface area contributed by atoms with Gasteiger partial charge in [-0.15, -0.1) is 0 Å². The van der Waals surface area contributed by atoms with E-state index in [0.717, 1.165) is 35.2 Å². The third kappa shape index (κ3) is 3.27. The molecule has 1 heterocycles. The van der Waals surface area contributed by atoms with Crippen molar-refractivity contribution in [3.8, 4) is 0 Å². The fourth-order valence-corrected chi connectivity index (χ4v) is 2.84. The number of aryl methyl sites for hydroxylation is 1. The second kappa shape index (κ2) is 6.99. The van der Waals surface area contributed by atoms with Crippen LogP contribution in [0, 0.1) is 5.82 Å². The molecular weight excluding hydrogens is 321 g/mol. The number of halogens is 2. The molecule has 1 atom stereocenters. The number of aromatic nitrogens is 2. The van der Waals surface area contributed by atoms with Crippen LogP contribution in [0.3, 0.4) is 0 Å². The van der Waals surface area contributed by atoms with E-state index in [4.69, 9.17) is 0 Å². The highest BCUT2D eigenvalue weighted by Crippen LogP contribution is 2.29.